The molecular formula is C19H27IN6O. The van der Waals surface area contributed by atoms with Crippen LogP contribution >= 0.6 is 24.0 Å². The summed E-state index contributed by atoms with van der Waals surface area (Å²) in [6, 6.07) is 10.1. The van der Waals surface area contributed by atoms with Crippen LogP contribution in [-0.2, 0) is 11.3 Å². The minimum atomic E-state index is 0. The predicted molar refractivity (Wildman–Crippen MR) is 118 cm³/mol. The van der Waals surface area contributed by atoms with E-state index in [4.69, 9.17) is 0 Å². The molecule has 1 fully saturated rings. The highest BCUT2D eigenvalue weighted by molar-refractivity contribution is 14.0. The Hall–Kier alpha value is -2.10. The van der Waals surface area contributed by atoms with E-state index in [1.165, 1.54) is 0 Å². The zero-order valence-corrected chi connectivity index (χ0v) is 17.8. The molecule has 27 heavy (non-hydrogen) atoms. The van der Waals surface area contributed by atoms with E-state index in [9.17, 15) is 4.79 Å². The summed E-state index contributed by atoms with van der Waals surface area (Å²) in [5.74, 6) is 1.18. The molecule has 0 unspecified atom stereocenters. The van der Waals surface area contributed by atoms with E-state index in [0.29, 0.717) is 19.6 Å². The van der Waals surface area contributed by atoms with Crippen LogP contribution in [0.4, 0.5) is 0 Å². The third kappa shape index (κ3) is 6.85. The molecule has 0 bridgehead atoms. The largest absolute Gasteiger partial charge is 0.357 e. The molecule has 1 aliphatic rings. The van der Waals surface area contributed by atoms with Gasteiger partial charge in [0.25, 0.3) is 0 Å². The standard InChI is InChI=1S/C19H26N6O.HI/c1-2-20-19(22-12-11-21-18(26)16-6-7-16)23-14-15-4-8-17(9-5-15)25-13-3-10-24-25;/h3-5,8-10,13,16H,2,6-7,11-12,14H2,1H3,(H,21,26)(H2,20,22,23);1H. The first kappa shape index (κ1) is 21.2. The van der Waals surface area contributed by atoms with Crippen LogP contribution in [0.5, 0.6) is 0 Å². The van der Waals surface area contributed by atoms with Crippen molar-refractivity contribution >= 4 is 35.8 Å². The molecule has 1 aromatic carbocycles. The Morgan fingerprint density at radius 2 is 1.93 bits per heavy atom. The van der Waals surface area contributed by atoms with Gasteiger partial charge < -0.3 is 16.0 Å². The Morgan fingerprint density at radius 1 is 1.19 bits per heavy atom. The zero-order valence-electron chi connectivity index (χ0n) is 15.5. The van der Waals surface area contributed by atoms with Crippen molar-refractivity contribution in [2.45, 2.75) is 26.3 Å². The second-order valence-electron chi connectivity index (χ2n) is 6.30. The number of hydrogen-bond acceptors (Lipinski definition) is 3. The molecule has 1 saturated carbocycles. The van der Waals surface area contributed by atoms with Crippen LogP contribution in [-0.4, -0.2) is 41.3 Å². The highest BCUT2D eigenvalue weighted by Crippen LogP contribution is 2.28. The van der Waals surface area contributed by atoms with Gasteiger partial charge in [-0.25, -0.2) is 9.67 Å². The van der Waals surface area contributed by atoms with E-state index < -0.39 is 0 Å². The summed E-state index contributed by atoms with van der Waals surface area (Å²) in [6.07, 6.45) is 5.74. The fourth-order valence-electron chi connectivity index (χ4n) is 2.54. The highest BCUT2D eigenvalue weighted by atomic mass is 127. The summed E-state index contributed by atoms with van der Waals surface area (Å²) in [6.45, 7) is 4.67. The van der Waals surface area contributed by atoms with Crippen molar-refractivity contribution in [3.63, 3.8) is 0 Å². The van der Waals surface area contributed by atoms with Gasteiger partial charge in [-0.05, 0) is 43.5 Å². The molecule has 0 radical (unpaired) electrons. The smallest absolute Gasteiger partial charge is 0.223 e. The first-order chi connectivity index (χ1) is 12.8. The lowest BCUT2D eigenvalue weighted by atomic mass is 10.2. The lowest BCUT2D eigenvalue weighted by Gasteiger charge is -2.12. The Bertz CT molecular complexity index is 725. The van der Waals surface area contributed by atoms with Crippen molar-refractivity contribution < 1.29 is 4.79 Å². The minimum absolute atomic E-state index is 0. The van der Waals surface area contributed by atoms with Crippen LogP contribution in [0.25, 0.3) is 5.69 Å². The molecule has 1 aliphatic carbocycles. The Balaban J connectivity index is 0.00000261. The Morgan fingerprint density at radius 3 is 2.56 bits per heavy atom. The molecule has 3 N–H and O–H groups in total. The number of aromatic nitrogens is 2. The van der Waals surface area contributed by atoms with Crippen molar-refractivity contribution in [3.05, 3.63) is 48.3 Å². The number of carbonyl (C=O) groups excluding carboxylic acids is 1. The van der Waals surface area contributed by atoms with Gasteiger partial charge in [-0.15, -0.1) is 24.0 Å². The zero-order chi connectivity index (χ0) is 18.2. The number of amides is 1. The van der Waals surface area contributed by atoms with Crippen LogP contribution in [0.15, 0.2) is 47.7 Å². The number of nitrogens with one attached hydrogen (secondary N) is 3. The topological polar surface area (TPSA) is 83.3 Å². The maximum atomic E-state index is 11.6. The third-order valence-electron chi connectivity index (χ3n) is 4.13. The van der Waals surface area contributed by atoms with Crippen molar-refractivity contribution in [3.8, 4) is 5.69 Å². The molecule has 3 rings (SSSR count). The van der Waals surface area contributed by atoms with E-state index in [2.05, 4.69) is 38.2 Å². The van der Waals surface area contributed by atoms with Gasteiger partial charge in [0.05, 0.1) is 12.2 Å². The van der Waals surface area contributed by atoms with Crippen molar-refractivity contribution in [1.29, 1.82) is 0 Å². The van der Waals surface area contributed by atoms with E-state index in [1.807, 2.05) is 36.0 Å². The van der Waals surface area contributed by atoms with Crippen LogP contribution < -0.4 is 16.0 Å². The predicted octanol–water partition coefficient (Wildman–Crippen LogP) is 2.07. The van der Waals surface area contributed by atoms with Gasteiger partial charge in [-0.3, -0.25) is 4.79 Å². The van der Waals surface area contributed by atoms with Crippen molar-refractivity contribution in [2.24, 2.45) is 10.9 Å². The van der Waals surface area contributed by atoms with Gasteiger partial charge in [0, 0.05) is 37.9 Å². The van der Waals surface area contributed by atoms with Crippen molar-refractivity contribution in [2.75, 3.05) is 19.6 Å². The molecular weight excluding hydrogens is 455 g/mol. The maximum Gasteiger partial charge on any atom is 0.223 e. The number of benzene rings is 1. The number of rotatable bonds is 8. The summed E-state index contributed by atoms with van der Waals surface area (Å²) >= 11 is 0. The minimum Gasteiger partial charge on any atom is -0.357 e. The molecule has 8 heteroatoms. The van der Waals surface area contributed by atoms with E-state index in [0.717, 1.165) is 36.6 Å². The summed E-state index contributed by atoms with van der Waals surface area (Å²) in [4.78, 5) is 16.2. The van der Waals surface area contributed by atoms with Gasteiger partial charge in [-0.2, -0.15) is 5.10 Å². The number of hydrogen-bond donors (Lipinski definition) is 3. The average molecular weight is 482 g/mol. The van der Waals surface area contributed by atoms with Crippen LogP contribution in [0, 0.1) is 5.92 Å². The summed E-state index contributed by atoms with van der Waals surface area (Å²) in [5, 5.41) is 13.6. The van der Waals surface area contributed by atoms with Gasteiger partial charge in [0.1, 0.15) is 0 Å². The van der Waals surface area contributed by atoms with Crippen molar-refractivity contribution in [1.82, 2.24) is 25.7 Å². The fourth-order valence-corrected chi connectivity index (χ4v) is 2.54. The molecule has 1 aromatic heterocycles. The van der Waals surface area contributed by atoms with E-state index in [-0.39, 0.29) is 35.8 Å². The number of aliphatic imine (C=N–C) groups is 1. The molecule has 2 aromatic rings. The van der Waals surface area contributed by atoms with Gasteiger partial charge in [-0.1, -0.05) is 12.1 Å². The summed E-state index contributed by atoms with van der Waals surface area (Å²) in [7, 11) is 0. The number of halogens is 1. The first-order valence-electron chi connectivity index (χ1n) is 9.15. The molecule has 0 saturated heterocycles. The first-order valence-corrected chi connectivity index (χ1v) is 9.15. The molecule has 1 heterocycles. The maximum absolute atomic E-state index is 11.6. The molecule has 1 amide bonds. The van der Waals surface area contributed by atoms with Crippen LogP contribution in [0.1, 0.15) is 25.3 Å². The number of nitrogens with zero attached hydrogens (tertiary/aromatic N) is 3. The molecule has 0 aliphatic heterocycles. The Kier molecular flexibility index (Phi) is 8.56. The van der Waals surface area contributed by atoms with E-state index in [1.54, 1.807) is 6.20 Å². The second kappa shape index (κ2) is 10.9. The Labute approximate surface area is 177 Å². The fraction of sp³-hybridized carbons (Fsp3) is 0.421. The van der Waals surface area contributed by atoms with Gasteiger partial charge in [0.15, 0.2) is 5.96 Å². The van der Waals surface area contributed by atoms with Gasteiger partial charge in [0.2, 0.25) is 5.91 Å². The lowest BCUT2D eigenvalue weighted by molar-refractivity contribution is -0.122. The highest BCUT2D eigenvalue weighted by Gasteiger charge is 2.28. The lowest BCUT2D eigenvalue weighted by Crippen LogP contribution is -2.41. The van der Waals surface area contributed by atoms with E-state index >= 15 is 0 Å². The van der Waals surface area contributed by atoms with Crippen LogP contribution in [0.3, 0.4) is 0 Å². The summed E-state index contributed by atoms with van der Waals surface area (Å²) < 4.78 is 1.83. The monoisotopic (exact) mass is 482 g/mol. The normalized spacial score (nSPS) is 13.6. The average Bonchev–Trinajstić information content (AvgIpc) is 3.38. The third-order valence-corrected chi connectivity index (χ3v) is 4.13. The SMILES string of the molecule is CCNC(=NCc1ccc(-n2cccn2)cc1)NCCNC(=O)C1CC1.I. The van der Waals surface area contributed by atoms with Crippen LogP contribution in [0.2, 0.25) is 0 Å². The molecule has 0 atom stereocenters. The second-order valence-corrected chi connectivity index (χ2v) is 6.30. The van der Waals surface area contributed by atoms with Gasteiger partial charge >= 0.3 is 0 Å². The molecule has 7 nitrogen and oxygen atoms in total. The summed E-state index contributed by atoms with van der Waals surface area (Å²) in [5.41, 5.74) is 2.15. The number of carbonyl (C=O) groups is 1. The molecule has 146 valence electrons. The molecule has 0 spiro atoms. The number of guanidine groups is 1. The quantitative estimate of drug-likeness (QED) is 0.233.